The van der Waals surface area contributed by atoms with Crippen molar-refractivity contribution in [2.75, 3.05) is 39.3 Å². The van der Waals surface area contributed by atoms with Gasteiger partial charge in [-0.2, -0.15) is 0 Å². The van der Waals surface area contributed by atoms with Crippen LogP contribution in [0.4, 0.5) is 0 Å². The minimum atomic E-state index is 0.743. The molecule has 0 aliphatic heterocycles. The molecule has 3 heteroatoms. The average Bonchev–Trinajstić information content (AvgIpc) is 2.43. The van der Waals surface area contributed by atoms with Gasteiger partial charge in [0.1, 0.15) is 0 Å². The smallest absolute Gasteiger partial charge is 0.0107 e. The van der Waals surface area contributed by atoms with E-state index in [0.717, 1.165) is 19.6 Å². The predicted octanol–water partition coefficient (Wildman–Crippen LogP) is 3.00. The second kappa shape index (κ2) is 15.9. The van der Waals surface area contributed by atoms with Gasteiger partial charge in [0, 0.05) is 26.2 Å². The first-order chi connectivity index (χ1) is 9.35. The molecule has 0 spiro atoms. The minimum Gasteiger partial charge on any atom is -0.329 e. The van der Waals surface area contributed by atoms with Crippen LogP contribution in [0, 0.1) is 0 Å². The highest BCUT2D eigenvalue weighted by Gasteiger charge is 2.04. The molecule has 116 valence electrons. The molecule has 3 nitrogen and oxygen atoms in total. The van der Waals surface area contributed by atoms with Crippen molar-refractivity contribution in [1.82, 2.24) is 10.2 Å². The molecule has 0 saturated carbocycles. The SMILES string of the molecule is CCCCCCN(CCCCCC)CCNCCN. The number of rotatable bonds is 15. The summed E-state index contributed by atoms with van der Waals surface area (Å²) >= 11 is 0. The van der Waals surface area contributed by atoms with Gasteiger partial charge in [-0.3, -0.25) is 0 Å². The summed E-state index contributed by atoms with van der Waals surface area (Å²) in [4.78, 5) is 2.63. The van der Waals surface area contributed by atoms with Gasteiger partial charge in [0.2, 0.25) is 0 Å². The van der Waals surface area contributed by atoms with Gasteiger partial charge in [-0.25, -0.2) is 0 Å². The van der Waals surface area contributed by atoms with E-state index in [2.05, 4.69) is 24.1 Å². The molecule has 19 heavy (non-hydrogen) atoms. The Hall–Kier alpha value is -0.120. The van der Waals surface area contributed by atoms with Crippen LogP contribution in [0.3, 0.4) is 0 Å². The summed E-state index contributed by atoms with van der Waals surface area (Å²) in [5, 5.41) is 3.40. The van der Waals surface area contributed by atoms with Crippen LogP contribution in [0.15, 0.2) is 0 Å². The standard InChI is InChI=1S/C16H37N3/c1-3-5-7-9-14-19(15-10-8-6-4-2)16-13-18-12-11-17/h18H,3-17H2,1-2H3. The highest BCUT2D eigenvalue weighted by molar-refractivity contribution is 4.61. The van der Waals surface area contributed by atoms with Crippen molar-refractivity contribution in [1.29, 1.82) is 0 Å². The zero-order valence-corrected chi connectivity index (χ0v) is 13.4. The zero-order valence-electron chi connectivity index (χ0n) is 13.4. The van der Waals surface area contributed by atoms with E-state index < -0.39 is 0 Å². The zero-order chi connectivity index (χ0) is 14.2. The summed E-state index contributed by atoms with van der Waals surface area (Å²) in [6.45, 7) is 11.1. The second-order valence-corrected chi connectivity index (χ2v) is 5.50. The molecule has 0 saturated heterocycles. The predicted molar refractivity (Wildman–Crippen MR) is 86.6 cm³/mol. The number of unbranched alkanes of at least 4 members (excludes halogenated alkanes) is 6. The molecule has 0 aliphatic carbocycles. The van der Waals surface area contributed by atoms with Gasteiger partial charge < -0.3 is 16.0 Å². The van der Waals surface area contributed by atoms with Gasteiger partial charge in [0.05, 0.1) is 0 Å². The van der Waals surface area contributed by atoms with Gasteiger partial charge in [0.15, 0.2) is 0 Å². The molecular formula is C16H37N3. The monoisotopic (exact) mass is 271 g/mol. The maximum Gasteiger partial charge on any atom is 0.0107 e. The number of nitrogens with one attached hydrogen (secondary N) is 1. The molecule has 0 aromatic carbocycles. The average molecular weight is 271 g/mol. The Morgan fingerprint density at radius 2 is 1.32 bits per heavy atom. The second-order valence-electron chi connectivity index (χ2n) is 5.50. The van der Waals surface area contributed by atoms with Crippen molar-refractivity contribution in [3.63, 3.8) is 0 Å². The molecule has 0 unspecified atom stereocenters. The normalized spacial score (nSPS) is 11.4. The summed E-state index contributed by atoms with van der Waals surface area (Å²) < 4.78 is 0. The van der Waals surface area contributed by atoms with E-state index in [1.54, 1.807) is 0 Å². The van der Waals surface area contributed by atoms with Crippen molar-refractivity contribution in [2.24, 2.45) is 5.73 Å². The minimum absolute atomic E-state index is 0.743. The topological polar surface area (TPSA) is 41.3 Å². The third-order valence-corrected chi connectivity index (χ3v) is 3.58. The molecule has 0 rings (SSSR count). The Balaban J connectivity index is 3.66. The summed E-state index contributed by atoms with van der Waals surface area (Å²) in [6.07, 6.45) is 10.9. The quantitative estimate of drug-likeness (QED) is 0.450. The van der Waals surface area contributed by atoms with Crippen LogP contribution < -0.4 is 11.1 Å². The van der Waals surface area contributed by atoms with Crippen LogP contribution in [0.5, 0.6) is 0 Å². The number of hydrogen-bond donors (Lipinski definition) is 2. The lowest BCUT2D eigenvalue weighted by Gasteiger charge is -2.22. The van der Waals surface area contributed by atoms with Crippen LogP contribution in [-0.4, -0.2) is 44.2 Å². The fourth-order valence-corrected chi connectivity index (χ4v) is 2.32. The Morgan fingerprint density at radius 1 is 0.737 bits per heavy atom. The van der Waals surface area contributed by atoms with Gasteiger partial charge in [-0.1, -0.05) is 52.4 Å². The van der Waals surface area contributed by atoms with Crippen molar-refractivity contribution in [2.45, 2.75) is 65.2 Å². The molecule has 0 aromatic heterocycles. The molecule has 0 bridgehead atoms. The maximum absolute atomic E-state index is 5.50. The van der Waals surface area contributed by atoms with Gasteiger partial charge in [-0.15, -0.1) is 0 Å². The third kappa shape index (κ3) is 14.1. The highest BCUT2D eigenvalue weighted by atomic mass is 15.1. The lowest BCUT2D eigenvalue weighted by atomic mass is 10.1. The van der Waals surface area contributed by atoms with Crippen LogP contribution in [0.1, 0.15) is 65.2 Å². The van der Waals surface area contributed by atoms with Crippen LogP contribution in [0.2, 0.25) is 0 Å². The van der Waals surface area contributed by atoms with E-state index in [1.807, 2.05) is 0 Å². The van der Waals surface area contributed by atoms with Crippen LogP contribution in [-0.2, 0) is 0 Å². The molecule has 0 radical (unpaired) electrons. The van der Waals surface area contributed by atoms with Crippen LogP contribution in [0.25, 0.3) is 0 Å². The fourth-order valence-electron chi connectivity index (χ4n) is 2.32. The number of hydrogen-bond acceptors (Lipinski definition) is 3. The van der Waals surface area contributed by atoms with Crippen molar-refractivity contribution in [3.05, 3.63) is 0 Å². The molecule has 0 amide bonds. The molecule has 0 atom stereocenters. The third-order valence-electron chi connectivity index (χ3n) is 3.58. The molecule has 0 aliphatic rings. The van der Waals surface area contributed by atoms with E-state index >= 15 is 0 Å². The van der Waals surface area contributed by atoms with E-state index in [9.17, 15) is 0 Å². The molecule has 0 heterocycles. The Bertz CT molecular complexity index is 134. The van der Waals surface area contributed by atoms with Gasteiger partial charge in [0.25, 0.3) is 0 Å². The molecular weight excluding hydrogens is 234 g/mol. The summed E-state index contributed by atoms with van der Waals surface area (Å²) in [5.41, 5.74) is 5.50. The maximum atomic E-state index is 5.50. The lowest BCUT2D eigenvalue weighted by molar-refractivity contribution is 0.261. The first-order valence-corrected chi connectivity index (χ1v) is 8.48. The van der Waals surface area contributed by atoms with Crippen molar-refractivity contribution in [3.8, 4) is 0 Å². The van der Waals surface area contributed by atoms with E-state index in [0.29, 0.717) is 0 Å². The lowest BCUT2D eigenvalue weighted by Crippen LogP contribution is -2.35. The fraction of sp³-hybridized carbons (Fsp3) is 1.00. The van der Waals surface area contributed by atoms with Crippen molar-refractivity contribution >= 4 is 0 Å². The Kier molecular flexibility index (Phi) is 15.8. The van der Waals surface area contributed by atoms with Crippen molar-refractivity contribution < 1.29 is 0 Å². The molecule has 0 aromatic rings. The largest absolute Gasteiger partial charge is 0.329 e. The number of nitrogens with two attached hydrogens (primary N) is 1. The summed E-state index contributed by atoms with van der Waals surface area (Å²) in [6, 6.07) is 0. The molecule has 3 N–H and O–H groups in total. The van der Waals surface area contributed by atoms with E-state index in [-0.39, 0.29) is 0 Å². The van der Waals surface area contributed by atoms with Gasteiger partial charge in [-0.05, 0) is 25.9 Å². The summed E-state index contributed by atoms with van der Waals surface area (Å²) in [7, 11) is 0. The Labute approximate surface area is 121 Å². The molecule has 0 fully saturated rings. The van der Waals surface area contributed by atoms with Gasteiger partial charge >= 0.3 is 0 Å². The van der Waals surface area contributed by atoms with Crippen LogP contribution >= 0.6 is 0 Å². The highest BCUT2D eigenvalue weighted by Crippen LogP contribution is 2.04. The number of nitrogens with zero attached hydrogens (tertiary/aromatic N) is 1. The summed E-state index contributed by atoms with van der Waals surface area (Å²) in [5.74, 6) is 0. The van der Waals surface area contributed by atoms with E-state index in [1.165, 1.54) is 71.0 Å². The first-order valence-electron chi connectivity index (χ1n) is 8.48. The Morgan fingerprint density at radius 3 is 1.79 bits per heavy atom. The first kappa shape index (κ1) is 18.9. The van der Waals surface area contributed by atoms with E-state index in [4.69, 9.17) is 5.73 Å².